The minimum absolute atomic E-state index is 0.0919. The maximum atomic E-state index is 13.1. The van der Waals surface area contributed by atoms with Gasteiger partial charge in [0.15, 0.2) is 9.84 Å². The predicted molar refractivity (Wildman–Crippen MR) is 50.6 cm³/mol. The quantitative estimate of drug-likeness (QED) is 0.822. The standard InChI is InChI=1S/C7H7BrFNO2S/c1-13(11,12)7(9)6-3-2-5(8)4-10-6/h2-4,7H,1H3. The fraction of sp³-hybridized carbons (Fsp3) is 0.286. The van der Waals surface area contributed by atoms with Gasteiger partial charge in [-0.05, 0) is 28.1 Å². The lowest BCUT2D eigenvalue weighted by molar-refractivity contribution is 0.426. The lowest BCUT2D eigenvalue weighted by Crippen LogP contribution is -2.07. The molecule has 72 valence electrons. The van der Waals surface area contributed by atoms with Gasteiger partial charge in [-0.1, -0.05) is 0 Å². The van der Waals surface area contributed by atoms with Crippen LogP contribution < -0.4 is 0 Å². The fourth-order valence-electron chi connectivity index (χ4n) is 0.741. The Morgan fingerprint density at radius 2 is 2.15 bits per heavy atom. The number of hydrogen-bond acceptors (Lipinski definition) is 3. The van der Waals surface area contributed by atoms with E-state index in [1.807, 2.05) is 0 Å². The molecule has 0 N–H and O–H groups in total. The summed E-state index contributed by atoms with van der Waals surface area (Å²) in [6.45, 7) is 0. The van der Waals surface area contributed by atoms with Crippen molar-refractivity contribution in [3.05, 3.63) is 28.5 Å². The van der Waals surface area contributed by atoms with Crippen molar-refractivity contribution in [3.63, 3.8) is 0 Å². The molecule has 1 heterocycles. The average molecular weight is 268 g/mol. The van der Waals surface area contributed by atoms with Gasteiger partial charge in [0, 0.05) is 16.9 Å². The summed E-state index contributed by atoms with van der Waals surface area (Å²) in [5, 5.41) is 0. The smallest absolute Gasteiger partial charge is 0.242 e. The first-order valence-electron chi connectivity index (χ1n) is 3.35. The zero-order chi connectivity index (χ0) is 10.1. The Morgan fingerprint density at radius 3 is 2.54 bits per heavy atom. The van der Waals surface area contributed by atoms with Gasteiger partial charge in [0.05, 0.1) is 5.69 Å². The van der Waals surface area contributed by atoms with Crippen LogP contribution in [0.3, 0.4) is 0 Å². The van der Waals surface area contributed by atoms with Gasteiger partial charge >= 0.3 is 0 Å². The van der Waals surface area contributed by atoms with Gasteiger partial charge in [0.25, 0.3) is 0 Å². The van der Waals surface area contributed by atoms with E-state index in [4.69, 9.17) is 0 Å². The molecule has 13 heavy (non-hydrogen) atoms. The Kier molecular flexibility index (Phi) is 3.02. The third-order valence-corrected chi connectivity index (χ3v) is 2.82. The molecule has 0 radical (unpaired) electrons. The van der Waals surface area contributed by atoms with Crippen LogP contribution in [-0.2, 0) is 9.84 Å². The Balaban J connectivity index is 3.04. The number of halogens is 2. The van der Waals surface area contributed by atoms with Crippen molar-refractivity contribution in [3.8, 4) is 0 Å². The average Bonchev–Trinajstić information content (AvgIpc) is 2.03. The zero-order valence-corrected chi connectivity index (χ0v) is 9.14. The molecule has 0 aliphatic heterocycles. The van der Waals surface area contributed by atoms with Crippen molar-refractivity contribution in [2.75, 3.05) is 6.26 Å². The van der Waals surface area contributed by atoms with Crippen LogP contribution in [0.4, 0.5) is 4.39 Å². The largest absolute Gasteiger partial charge is 0.256 e. The van der Waals surface area contributed by atoms with Crippen molar-refractivity contribution < 1.29 is 12.8 Å². The highest BCUT2D eigenvalue weighted by Gasteiger charge is 2.22. The lowest BCUT2D eigenvalue weighted by atomic mass is 10.4. The van der Waals surface area contributed by atoms with Gasteiger partial charge in [-0.25, -0.2) is 12.8 Å². The van der Waals surface area contributed by atoms with Gasteiger partial charge in [-0.15, -0.1) is 0 Å². The molecule has 0 aromatic carbocycles. The maximum absolute atomic E-state index is 13.1. The topological polar surface area (TPSA) is 47.0 Å². The third kappa shape index (κ3) is 2.73. The van der Waals surface area contributed by atoms with E-state index >= 15 is 0 Å². The SMILES string of the molecule is CS(=O)(=O)C(F)c1ccc(Br)cn1. The zero-order valence-electron chi connectivity index (χ0n) is 6.74. The second kappa shape index (κ2) is 3.71. The summed E-state index contributed by atoms with van der Waals surface area (Å²) < 4.78 is 35.4. The Hall–Kier alpha value is -0.490. The molecule has 0 fully saturated rings. The predicted octanol–water partition coefficient (Wildman–Crippen LogP) is 1.86. The molecule has 0 spiro atoms. The van der Waals surface area contributed by atoms with Gasteiger partial charge < -0.3 is 0 Å². The van der Waals surface area contributed by atoms with Crippen LogP contribution in [0.1, 0.15) is 11.2 Å². The van der Waals surface area contributed by atoms with Gasteiger partial charge in [-0.3, -0.25) is 4.98 Å². The Morgan fingerprint density at radius 1 is 1.54 bits per heavy atom. The molecule has 1 aromatic rings. The number of pyridine rings is 1. The van der Waals surface area contributed by atoms with Crippen molar-refractivity contribution >= 4 is 25.8 Å². The number of sulfone groups is 1. The summed E-state index contributed by atoms with van der Waals surface area (Å²) in [5.41, 5.74) is -2.13. The molecular weight excluding hydrogens is 261 g/mol. The number of alkyl halides is 1. The number of aromatic nitrogens is 1. The summed E-state index contributed by atoms with van der Waals surface area (Å²) in [6, 6.07) is 2.87. The van der Waals surface area contributed by atoms with E-state index in [0.717, 1.165) is 6.26 Å². The summed E-state index contributed by atoms with van der Waals surface area (Å²) in [6.07, 6.45) is 2.19. The molecule has 0 saturated heterocycles. The number of hydrogen-bond donors (Lipinski definition) is 0. The van der Waals surface area contributed by atoms with E-state index in [2.05, 4.69) is 20.9 Å². The first-order valence-corrected chi connectivity index (χ1v) is 6.10. The molecular formula is C7H7BrFNO2S. The molecule has 1 unspecified atom stereocenters. The first kappa shape index (κ1) is 10.6. The molecule has 1 rings (SSSR count). The minimum atomic E-state index is -3.71. The first-order chi connectivity index (χ1) is 5.91. The molecule has 0 aliphatic carbocycles. The van der Waals surface area contributed by atoms with E-state index < -0.39 is 15.3 Å². The lowest BCUT2D eigenvalue weighted by Gasteiger charge is -2.04. The van der Waals surface area contributed by atoms with E-state index in [0.29, 0.717) is 4.47 Å². The summed E-state index contributed by atoms with van der Waals surface area (Å²) >= 11 is 3.11. The van der Waals surface area contributed by atoms with Crippen molar-refractivity contribution in [2.24, 2.45) is 0 Å². The second-order valence-corrected chi connectivity index (χ2v) is 5.54. The normalized spacial score (nSPS) is 14.1. The highest BCUT2D eigenvalue weighted by atomic mass is 79.9. The van der Waals surface area contributed by atoms with E-state index in [1.54, 1.807) is 6.07 Å². The van der Waals surface area contributed by atoms with Crippen molar-refractivity contribution in [1.29, 1.82) is 0 Å². The van der Waals surface area contributed by atoms with Crippen LogP contribution >= 0.6 is 15.9 Å². The molecule has 0 bridgehead atoms. The number of nitrogens with zero attached hydrogens (tertiary/aromatic N) is 1. The van der Waals surface area contributed by atoms with Crippen molar-refractivity contribution in [1.82, 2.24) is 4.98 Å². The molecule has 3 nitrogen and oxygen atoms in total. The van der Waals surface area contributed by atoms with Crippen LogP contribution in [0.2, 0.25) is 0 Å². The van der Waals surface area contributed by atoms with Crippen LogP contribution in [0.15, 0.2) is 22.8 Å². The Labute approximate surface area is 84.0 Å². The monoisotopic (exact) mass is 267 g/mol. The van der Waals surface area contributed by atoms with Crippen LogP contribution in [0, 0.1) is 0 Å². The molecule has 6 heteroatoms. The number of rotatable bonds is 2. The minimum Gasteiger partial charge on any atom is -0.256 e. The summed E-state index contributed by atoms with van der Waals surface area (Å²) in [7, 11) is -3.71. The van der Waals surface area contributed by atoms with E-state index in [1.165, 1.54) is 12.3 Å². The van der Waals surface area contributed by atoms with Gasteiger partial charge in [0.1, 0.15) is 0 Å². The Bertz CT molecular complexity index is 389. The van der Waals surface area contributed by atoms with Gasteiger partial charge in [0.2, 0.25) is 5.50 Å². The molecule has 1 atom stereocenters. The van der Waals surface area contributed by atoms with Crippen LogP contribution in [0.25, 0.3) is 0 Å². The van der Waals surface area contributed by atoms with Crippen molar-refractivity contribution in [2.45, 2.75) is 5.50 Å². The van der Waals surface area contributed by atoms with Crippen LogP contribution in [0.5, 0.6) is 0 Å². The maximum Gasteiger partial charge on any atom is 0.242 e. The molecule has 0 saturated carbocycles. The highest BCUT2D eigenvalue weighted by molar-refractivity contribution is 9.10. The molecule has 1 aromatic heterocycles. The molecule has 0 amide bonds. The third-order valence-electron chi connectivity index (χ3n) is 1.36. The van der Waals surface area contributed by atoms with E-state index in [9.17, 15) is 12.8 Å². The van der Waals surface area contributed by atoms with E-state index in [-0.39, 0.29) is 5.69 Å². The van der Waals surface area contributed by atoms with Crippen LogP contribution in [-0.4, -0.2) is 19.7 Å². The fourth-order valence-corrected chi connectivity index (χ4v) is 1.55. The summed E-state index contributed by atoms with van der Waals surface area (Å²) in [5.74, 6) is 0. The molecule has 0 aliphatic rings. The highest BCUT2D eigenvalue weighted by Crippen LogP contribution is 2.21. The second-order valence-electron chi connectivity index (χ2n) is 2.55. The van der Waals surface area contributed by atoms with Gasteiger partial charge in [-0.2, -0.15) is 0 Å². The summed E-state index contributed by atoms with van der Waals surface area (Å²) in [4.78, 5) is 3.64.